The van der Waals surface area contributed by atoms with Crippen LogP contribution < -0.4 is 4.90 Å². The van der Waals surface area contributed by atoms with Gasteiger partial charge in [-0.05, 0) is 70.2 Å². The van der Waals surface area contributed by atoms with Crippen molar-refractivity contribution in [3.05, 3.63) is 29.3 Å². The molecule has 3 rings (SSSR count). The maximum atomic E-state index is 12.9. The zero-order valence-corrected chi connectivity index (χ0v) is 17.0. The molecule has 1 heterocycles. The number of nitrogens with zero attached hydrogens (tertiary/aromatic N) is 1. The summed E-state index contributed by atoms with van der Waals surface area (Å²) in [5.41, 5.74) is 0.838. The molecule has 0 spiro atoms. The number of carbonyl (C=O) groups is 3. The minimum absolute atomic E-state index is 0.0562. The van der Waals surface area contributed by atoms with Crippen LogP contribution in [0.25, 0.3) is 0 Å². The number of fused-ring (bicyclic) bond motifs is 1. The first kappa shape index (κ1) is 19.1. The normalized spacial score (nSPS) is 20.6. The lowest BCUT2D eigenvalue weighted by atomic mass is 9.85. The minimum atomic E-state index is -0.882. The van der Waals surface area contributed by atoms with Gasteiger partial charge in [0.05, 0.1) is 15.9 Å². The second-order valence-corrected chi connectivity index (χ2v) is 9.00. The van der Waals surface area contributed by atoms with Crippen molar-refractivity contribution in [1.29, 1.82) is 0 Å². The Morgan fingerprint density at radius 3 is 2.50 bits per heavy atom. The van der Waals surface area contributed by atoms with Gasteiger partial charge in [-0.15, -0.1) is 0 Å². The summed E-state index contributed by atoms with van der Waals surface area (Å²) in [5, 5.41) is 0. The van der Waals surface area contributed by atoms with Crippen LogP contribution in [0.5, 0.6) is 0 Å². The fourth-order valence-electron chi connectivity index (χ4n) is 3.68. The molecular formula is C20H24BrNO4. The van der Waals surface area contributed by atoms with Gasteiger partial charge in [-0.25, -0.2) is 9.69 Å². The number of imide groups is 1. The third-order valence-electron chi connectivity index (χ3n) is 5.30. The van der Waals surface area contributed by atoms with E-state index in [-0.39, 0.29) is 22.6 Å². The predicted octanol–water partition coefficient (Wildman–Crippen LogP) is 4.75. The summed E-state index contributed by atoms with van der Waals surface area (Å²) in [6.07, 6.45) is 4.22. The van der Waals surface area contributed by atoms with E-state index in [2.05, 4.69) is 15.9 Å². The van der Waals surface area contributed by atoms with Crippen molar-refractivity contribution in [2.24, 2.45) is 0 Å². The van der Waals surface area contributed by atoms with E-state index in [4.69, 9.17) is 4.74 Å². The molecule has 26 heavy (non-hydrogen) atoms. The molecule has 1 aromatic carbocycles. The smallest absolute Gasteiger partial charge is 0.421 e. The van der Waals surface area contributed by atoms with Gasteiger partial charge in [-0.1, -0.05) is 22.4 Å². The summed E-state index contributed by atoms with van der Waals surface area (Å²) in [7, 11) is 0. The molecule has 1 atom stereocenters. The maximum absolute atomic E-state index is 12.9. The quantitative estimate of drug-likeness (QED) is 0.521. The van der Waals surface area contributed by atoms with Gasteiger partial charge in [0.1, 0.15) is 6.10 Å². The predicted molar refractivity (Wildman–Crippen MR) is 103 cm³/mol. The van der Waals surface area contributed by atoms with Gasteiger partial charge in [0.25, 0.3) is 0 Å². The molecule has 1 aromatic rings. The molecule has 5 nitrogen and oxygen atoms in total. The average Bonchev–Trinajstić information content (AvgIpc) is 2.81. The highest BCUT2D eigenvalue weighted by molar-refractivity contribution is 9.10. The number of carbonyl (C=O) groups excluding carboxylic acids is 3. The van der Waals surface area contributed by atoms with E-state index in [1.165, 1.54) is 0 Å². The van der Waals surface area contributed by atoms with Gasteiger partial charge in [0.2, 0.25) is 5.91 Å². The summed E-state index contributed by atoms with van der Waals surface area (Å²) in [5.74, 6) is -0.371. The molecule has 6 heteroatoms. The zero-order valence-electron chi connectivity index (χ0n) is 15.4. The van der Waals surface area contributed by atoms with E-state index in [0.29, 0.717) is 16.8 Å². The molecule has 1 aliphatic carbocycles. The van der Waals surface area contributed by atoms with Crippen molar-refractivity contribution in [1.82, 2.24) is 0 Å². The summed E-state index contributed by atoms with van der Waals surface area (Å²) < 4.78 is 5.60. The number of ketones is 1. The van der Waals surface area contributed by atoms with Crippen molar-refractivity contribution in [2.45, 2.75) is 69.2 Å². The maximum Gasteiger partial charge on any atom is 0.421 e. The first-order chi connectivity index (χ1) is 12.2. The van der Waals surface area contributed by atoms with Crippen molar-refractivity contribution in [3.63, 3.8) is 0 Å². The Morgan fingerprint density at radius 2 is 1.88 bits per heavy atom. The number of hydrogen-bond donors (Lipinski definition) is 0. The number of rotatable bonds is 3. The van der Waals surface area contributed by atoms with Crippen LogP contribution >= 0.6 is 15.9 Å². The molecule has 140 valence electrons. The van der Waals surface area contributed by atoms with Crippen molar-refractivity contribution in [2.75, 3.05) is 4.90 Å². The monoisotopic (exact) mass is 421 g/mol. The van der Waals surface area contributed by atoms with E-state index in [9.17, 15) is 14.4 Å². The molecule has 1 aliphatic heterocycles. The molecule has 1 saturated carbocycles. The Hall–Kier alpha value is -1.69. The lowest BCUT2D eigenvalue weighted by Gasteiger charge is -2.25. The van der Waals surface area contributed by atoms with Crippen LogP contribution in [0.2, 0.25) is 0 Å². The summed E-state index contributed by atoms with van der Waals surface area (Å²) >= 11 is 3.29. The topological polar surface area (TPSA) is 63.7 Å². The number of ether oxygens (including phenoxy) is 1. The van der Waals surface area contributed by atoms with E-state index < -0.39 is 11.5 Å². The Kier molecular flexibility index (Phi) is 5.24. The Balaban J connectivity index is 1.91. The summed E-state index contributed by atoms with van der Waals surface area (Å²) in [6.45, 7) is 5.31. The molecule has 2 aliphatic rings. The van der Waals surface area contributed by atoms with Gasteiger partial charge < -0.3 is 4.74 Å². The van der Waals surface area contributed by atoms with Gasteiger partial charge in [0, 0.05) is 5.56 Å². The molecule has 0 bridgehead atoms. The number of anilines is 1. The third kappa shape index (κ3) is 3.31. The molecule has 0 N–H and O–H groups in total. The summed E-state index contributed by atoms with van der Waals surface area (Å²) in [4.78, 5) is 38.7. The second-order valence-electron chi connectivity index (χ2n) is 7.62. The van der Waals surface area contributed by atoms with Gasteiger partial charge in [-0.2, -0.15) is 0 Å². The van der Waals surface area contributed by atoms with Crippen molar-refractivity contribution >= 4 is 39.4 Å². The van der Waals surface area contributed by atoms with Crippen LogP contribution in [0.4, 0.5) is 10.5 Å². The fourth-order valence-corrected chi connectivity index (χ4v) is 3.94. The first-order valence-corrected chi connectivity index (χ1v) is 10.0. The number of Topliss-reactive ketones (excluding diaryl/α,β-unsaturated/α-hetero) is 1. The van der Waals surface area contributed by atoms with Gasteiger partial charge in [0.15, 0.2) is 5.78 Å². The molecule has 0 radical (unpaired) electrons. The van der Waals surface area contributed by atoms with E-state index in [1.807, 2.05) is 0 Å². The molecular weight excluding hydrogens is 398 g/mol. The number of halogens is 1. The fraction of sp³-hybridized carbons (Fsp3) is 0.550. The first-order valence-electron chi connectivity index (χ1n) is 9.11. The van der Waals surface area contributed by atoms with Crippen LogP contribution in [0.15, 0.2) is 18.2 Å². The number of benzene rings is 1. The molecule has 0 saturated heterocycles. The summed E-state index contributed by atoms with van der Waals surface area (Å²) in [6, 6.07) is 5.06. The minimum Gasteiger partial charge on any atom is -0.446 e. The molecule has 1 fully saturated rings. The second kappa shape index (κ2) is 7.14. The van der Waals surface area contributed by atoms with Crippen molar-refractivity contribution < 1.29 is 19.1 Å². The van der Waals surface area contributed by atoms with E-state index in [1.54, 1.807) is 39.0 Å². The van der Waals surface area contributed by atoms with Gasteiger partial charge >= 0.3 is 6.09 Å². The van der Waals surface area contributed by atoms with Crippen LogP contribution in [-0.4, -0.2) is 28.7 Å². The number of alkyl halides is 1. The molecule has 2 amide bonds. The largest absolute Gasteiger partial charge is 0.446 e. The molecule has 0 aromatic heterocycles. The van der Waals surface area contributed by atoms with Crippen LogP contribution in [0, 0.1) is 0 Å². The SMILES string of the molecule is CC(Br)C(=O)c1ccc2c(c1)C(C)(C)C(=O)N2C(=O)OC1CCCCC1. The number of amides is 2. The third-order valence-corrected chi connectivity index (χ3v) is 5.71. The van der Waals surface area contributed by atoms with E-state index in [0.717, 1.165) is 37.0 Å². The molecule has 1 unspecified atom stereocenters. The van der Waals surface area contributed by atoms with E-state index >= 15 is 0 Å². The Labute approximate surface area is 162 Å². The highest BCUT2D eigenvalue weighted by Gasteiger charge is 2.48. The van der Waals surface area contributed by atoms with Crippen LogP contribution in [0.3, 0.4) is 0 Å². The zero-order chi connectivity index (χ0) is 19.1. The van der Waals surface area contributed by atoms with Crippen molar-refractivity contribution in [3.8, 4) is 0 Å². The van der Waals surface area contributed by atoms with Gasteiger partial charge in [-0.3, -0.25) is 9.59 Å². The van der Waals surface area contributed by atoms with Crippen LogP contribution in [0.1, 0.15) is 68.8 Å². The highest BCUT2D eigenvalue weighted by atomic mass is 79.9. The standard InChI is InChI=1S/C20H24BrNO4/c1-12(21)17(23)13-9-10-16-15(11-13)20(2,3)18(24)22(16)19(25)26-14-7-5-4-6-8-14/h9-12,14H,4-8H2,1-3H3. The lowest BCUT2D eigenvalue weighted by Crippen LogP contribution is -2.42. The lowest BCUT2D eigenvalue weighted by molar-refractivity contribution is -0.121. The highest BCUT2D eigenvalue weighted by Crippen LogP contribution is 2.42. The Bertz CT molecular complexity index is 750. The Morgan fingerprint density at radius 1 is 1.23 bits per heavy atom. The average molecular weight is 422 g/mol. The number of hydrogen-bond acceptors (Lipinski definition) is 4. The van der Waals surface area contributed by atoms with Crippen LogP contribution in [-0.2, 0) is 14.9 Å².